The van der Waals surface area contributed by atoms with Crippen molar-refractivity contribution >= 4 is 5.96 Å². The molecule has 1 saturated carbocycles. The predicted molar refractivity (Wildman–Crippen MR) is 87.5 cm³/mol. The van der Waals surface area contributed by atoms with Crippen molar-refractivity contribution in [3.63, 3.8) is 0 Å². The third-order valence-electron chi connectivity index (χ3n) is 3.88. The minimum atomic E-state index is -0.170. The van der Waals surface area contributed by atoms with Crippen LogP contribution in [0.25, 0.3) is 0 Å². The van der Waals surface area contributed by atoms with Crippen LogP contribution < -0.4 is 5.32 Å². The molecule has 0 heterocycles. The van der Waals surface area contributed by atoms with Gasteiger partial charge in [-0.3, -0.25) is 4.99 Å². The number of nitrogens with one attached hydrogen (secondary N) is 1. The molecule has 1 aromatic carbocycles. The lowest BCUT2D eigenvalue weighted by atomic mass is 10.1. The molecule has 2 rings (SSSR count). The summed E-state index contributed by atoms with van der Waals surface area (Å²) < 4.78 is 19.2. The Morgan fingerprint density at radius 2 is 2.23 bits per heavy atom. The average Bonchev–Trinajstić information content (AvgIpc) is 3.32. The monoisotopic (exact) mass is 307 g/mol. The van der Waals surface area contributed by atoms with E-state index in [1.54, 1.807) is 26.1 Å². The van der Waals surface area contributed by atoms with Gasteiger partial charge in [-0.2, -0.15) is 0 Å². The standard InChI is InChI=1S/C17H26FN3O/c1-13-4-5-15(10-16(13)18)11-20-17(19-2)21(3)8-9-22-12-14-6-7-14/h4-5,10,14H,6-9,11-12H2,1-3H3,(H,19,20). The molecule has 0 radical (unpaired) electrons. The molecule has 1 aliphatic rings. The van der Waals surface area contributed by atoms with Crippen LogP contribution in [0, 0.1) is 18.7 Å². The second kappa shape index (κ2) is 8.13. The normalized spacial score (nSPS) is 15.0. The van der Waals surface area contributed by atoms with Gasteiger partial charge in [-0.15, -0.1) is 0 Å². The van der Waals surface area contributed by atoms with Gasteiger partial charge < -0.3 is 15.0 Å². The Morgan fingerprint density at radius 3 is 2.86 bits per heavy atom. The summed E-state index contributed by atoms with van der Waals surface area (Å²) in [6.07, 6.45) is 2.62. The van der Waals surface area contributed by atoms with E-state index in [2.05, 4.69) is 10.3 Å². The number of benzene rings is 1. The van der Waals surface area contributed by atoms with E-state index in [1.807, 2.05) is 18.0 Å². The molecule has 1 aromatic rings. The molecule has 0 aromatic heterocycles. The first-order valence-electron chi connectivity index (χ1n) is 7.84. The van der Waals surface area contributed by atoms with Gasteiger partial charge >= 0.3 is 0 Å². The topological polar surface area (TPSA) is 36.9 Å². The molecule has 1 aliphatic carbocycles. The van der Waals surface area contributed by atoms with Crippen molar-refractivity contribution in [3.05, 3.63) is 35.1 Å². The first-order chi connectivity index (χ1) is 10.6. The molecule has 22 heavy (non-hydrogen) atoms. The number of aryl methyl sites for hydroxylation is 1. The average molecular weight is 307 g/mol. The Balaban J connectivity index is 1.73. The second-order valence-electron chi connectivity index (χ2n) is 5.92. The van der Waals surface area contributed by atoms with Gasteiger partial charge in [0.15, 0.2) is 5.96 Å². The zero-order valence-electron chi connectivity index (χ0n) is 13.7. The van der Waals surface area contributed by atoms with E-state index >= 15 is 0 Å². The minimum absolute atomic E-state index is 0.170. The summed E-state index contributed by atoms with van der Waals surface area (Å²) in [5.74, 6) is 1.41. The fourth-order valence-electron chi connectivity index (χ4n) is 2.15. The van der Waals surface area contributed by atoms with E-state index in [1.165, 1.54) is 12.8 Å². The highest BCUT2D eigenvalue weighted by Gasteiger charge is 2.21. The summed E-state index contributed by atoms with van der Waals surface area (Å²) in [7, 11) is 3.73. The van der Waals surface area contributed by atoms with Crippen LogP contribution in [0.5, 0.6) is 0 Å². The van der Waals surface area contributed by atoms with Crippen molar-refractivity contribution in [1.82, 2.24) is 10.2 Å². The Morgan fingerprint density at radius 1 is 1.45 bits per heavy atom. The molecule has 0 atom stereocenters. The van der Waals surface area contributed by atoms with Crippen LogP contribution in [0.15, 0.2) is 23.2 Å². The Kier molecular flexibility index (Phi) is 6.19. The predicted octanol–water partition coefficient (Wildman–Crippen LogP) is 2.57. The number of rotatable bonds is 7. The van der Waals surface area contributed by atoms with E-state index < -0.39 is 0 Å². The number of nitrogens with zero attached hydrogens (tertiary/aromatic N) is 2. The highest BCUT2D eigenvalue weighted by atomic mass is 19.1. The summed E-state index contributed by atoms with van der Waals surface area (Å²) in [4.78, 5) is 6.28. The molecule has 0 spiro atoms. The molecule has 1 N–H and O–H groups in total. The molecular formula is C17H26FN3O. The maximum Gasteiger partial charge on any atom is 0.193 e. The molecule has 0 aliphatic heterocycles. The largest absolute Gasteiger partial charge is 0.379 e. The van der Waals surface area contributed by atoms with Crippen LogP contribution >= 0.6 is 0 Å². The molecule has 1 fully saturated rings. The van der Waals surface area contributed by atoms with Gasteiger partial charge in [0.05, 0.1) is 6.61 Å². The van der Waals surface area contributed by atoms with Crippen LogP contribution in [0.1, 0.15) is 24.0 Å². The molecule has 0 bridgehead atoms. The van der Waals surface area contributed by atoms with Crippen molar-refractivity contribution in [2.24, 2.45) is 10.9 Å². The Labute approximate surface area is 132 Å². The Bertz CT molecular complexity index is 515. The van der Waals surface area contributed by atoms with Crippen LogP contribution in [0.2, 0.25) is 0 Å². The van der Waals surface area contributed by atoms with Crippen molar-refractivity contribution in [1.29, 1.82) is 0 Å². The third-order valence-corrected chi connectivity index (χ3v) is 3.88. The van der Waals surface area contributed by atoms with Gasteiger partial charge in [-0.1, -0.05) is 12.1 Å². The summed E-state index contributed by atoms with van der Waals surface area (Å²) in [5.41, 5.74) is 1.57. The third kappa shape index (κ3) is 5.30. The second-order valence-corrected chi connectivity index (χ2v) is 5.92. The zero-order chi connectivity index (χ0) is 15.9. The van der Waals surface area contributed by atoms with Crippen LogP contribution in [-0.2, 0) is 11.3 Å². The fourth-order valence-corrected chi connectivity index (χ4v) is 2.15. The number of hydrogen-bond acceptors (Lipinski definition) is 2. The summed E-state index contributed by atoms with van der Waals surface area (Å²) >= 11 is 0. The smallest absolute Gasteiger partial charge is 0.193 e. The SMILES string of the molecule is CN=C(NCc1ccc(C)c(F)c1)N(C)CCOCC1CC1. The molecular weight excluding hydrogens is 281 g/mol. The van der Waals surface area contributed by atoms with Gasteiger partial charge in [0, 0.05) is 33.8 Å². The first kappa shape index (κ1) is 16.7. The lowest BCUT2D eigenvalue weighted by molar-refractivity contribution is 0.115. The maximum absolute atomic E-state index is 13.5. The number of guanidine groups is 1. The van der Waals surface area contributed by atoms with Crippen molar-refractivity contribution in [2.45, 2.75) is 26.3 Å². The Hall–Kier alpha value is -1.62. The summed E-state index contributed by atoms with van der Waals surface area (Å²) in [6, 6.07) is 5.29. The van der Waals surface area contributed by atoms with Gasteiger partial charge in [0.1, 0.15) is 5.82 Å². The summed E-state index contributed by atoms with van der Waals surface area (Å²) in [6.45, 7) is 4.68. The zero-order valence-corrected chi connectivity index (χ0v) is 13.7. The van der Waals surface area contributed by atoms with Crippen molar-refractivity contribution in [3.8, 4) is 0 Å². The van der Waals surface area contributed by atoms with E-state index in [9.17, 15) is 4.39 Å². The van der Waals surface area contributed by atoms with Crippen LogP contribution in [-0.4, -0.2) is 44.7 Å². The van der Waals surface area contributed by atoms with Crippen LogP contribution in [0.4, 0.5) is 4.39 Å². The highest BCUT2D eigenvalue weighted by molar-refractivity contribution is 5.79. The lowest BCUT2D eigenvalue weighted by Gasteiger charge is -2.22. The van der Waals surface area contributed by atoms with E-state index in [4.69, 9.17) is 4.74 Å². The number of aliphatic imine (C=N–C) groups is 1. The lowest BCUT2D eigenvalue weighted by Crippen LogP contribution is -2.40. The van der Waals surface area contributed by atoms with E-state index in [0.29, 0.717) is 18.7 Å². The molecule has 0 unspecified atom stereocenters. The molecule has 0 saturated heterocycles. The molecule has 122 valence electrons. The number of halogens is 1. The maximum atomic E-state index is 13.5. The first-order valence-corrected chi connectivity index (χ1v) is 7.84. The van der Waals surface area contributed by atoms with E-state index in [0.717, 1.165) is 30.6 Å². The fraction of sp³-hybridized carbons (Fsp3) is 0.588. The van der Waals surface area contributed by atoms with Crippen LogP contribution in [0.3, 0.4) is 0 Å². The van der Waals surface area contributed by atoms with E-state index in [-0.39, 0.29) is 5.82 Å². The number of likely N-dealkylation sites (N-methyl/N-ethyl adjacent to an activating group) is 1. The van der Waals surface area contributed by atoms with Gasteiger partial charge in [-0.25, -0.2) is 4.39 Å². The molecule has 5 heteroatoms. The molecule has 0 amide bonds. The highest BCUT2D eigenvalue weighted by Crippen LogP contribution is 2.28. The number of ether oxygens (including phenoxy) is 1. The minimum Gasteiger partial charge on any atom is -0.379 e. The van der Waals surface area contributed by atoms with Gasteiger partial charge in [0.2, 0.25) is 0 Å². The van der Waals surface area contributed by atoms with Gasteiger partial charge in [0.25, 0.3) is 0 Å². The number of hydrogen-bond donors (Lipinski definition) is 1. The quantitative estimate of drug-likeness (QED) is 0.478. The van der Waals surface area contributed by atoms with Gasteiger partial charge in [-0.05, 0) is 42.9 Å². The summed E-state index contributed by atoms with van der Waals surface area (Å²) in [5, 5.41) is 3.25. The van der Waals surface area contributed by atoms with Crippen molar-refractivity contribution in [2.75, 3.05) is 33.9 Å². The molecule has 4 nitrogen and oxygen atoms in total. The van der Waals surface area contributed by atoms with Crippen molar-refractivity contribution < 1.29 is 9.13 Å².